The molecule has 29 heavy (non-hydrogen) atoms. The van der Waals surface area contributed by atoms with Crippen molar-refractivity contribution in [3.63, 3.8) is 0 Å². The van der Waals surface area contributed by atoms with E-state index in [0.717, 1.165) is 28.5 Å². The molecule has 0 radical (unpaired) electrons. The minimum absolute atomic E-state index is 0.123. The maximum absolute atomic E-state index is 12.4. The summed E-state index contributed by atoms with van der Waals surface area (Å²) in [7, 11) is -0.641. The lowest BCUT2D eigenvalue weighted by atomic mass is 10.2. The summed E-state index contributed by atoms with van der Waals surface area (Å²) >= 11 is 0. The summed E-state index contributed by atoms with van der Waals surface area (Å²) in [5, 5.41) is 2.59. The molecule has 0 atom stereocenters. The summed E-state index contributed by atoms with van der Waals surface area (Å²) in [4.78, 5) is 24.6. The second-order valence-corrected chi connectivity index (χ2v) is 9.47. The Labute approximate surface area is 170 Å². The predicted octanol–water partition coefficient (Wildman–Crippen LogP) is 2.49. The van der Waals surface area contributed by atoms with E-state index in [2.05, 4.69) is 9.88 Å². The number of rotatable bonds is 7. The fraction of sp³-hybridized carbons (Fsp3) is 0.400. The SMILES string of the molecule is Cc1cc(C(=O)OCC(=O)Nc2ccc(S(=O)(=O)N(C)C)cc2)c(C)n1C1CC1. The van der Waals surface area contributed by atoms with Gasteiger partial charge in [0.05, 0.1) is 10.5 Å². The summed E-state index contributed by atoms with van der Waals surface area (Å²) in [6.45, 7) is 3.41. The topological polar surface area (TPSA) is 97.7 Å². The Kier molecular flexibility index (Phi) is 5.81. The average molecular weight is 420 g/mol. The molecule has 0 spiro atoms. The Morgan fingerprint density at radius 3 is 2.34 bits per heavy atom. The first-order valence-corrected chi connectivity index (χ1v) is 10.7. The van der Waals surface area contributed by atoms with Crippen LogP contribution in [0.2, 0.25) is 0 Å². The van der Waals surface area contributed by atoms with Gasteiger partial charge < -0.3 is 14.6 Å². The molecule has 156 valence electrons. The van der Waals surface area contributed by atoms with E-state index in [-0.39, 0.29) is 4.90 Å². The van der Waals surface area contributed by atoms with Crippen LogP contribution in [-0.2, 0) is 19.6 Å². The number of ether oxygens (including phenoxy) is 1. The van der Waals surface area contributed by atoms with Gasteiger partial charge in [-0.2, -0.15) is 0 Å². The molecule has 1 saturated carbocycles. The highest BCUT2D eigenvalue weighted by Gasteiger charge is 2.29. The number of benzene rings is 1. The molecule has 1 aliphatic carbocycles. The van der Waals surface area contributed by atoms with Crippen molar-refractivity contribution < 1.29 is 22.7 Å². The van der Waals surface area contributed by atoms with Crippen molar-refractivity contribution >= 4 is 27.6 Å². The number of anilines is 1. The highest BCUT2D eigenvalue weighted by molar-refractivity contribution is 7.89. The number of sulfonamides is 1. The van der Waals surface area contributed by atoms with E-state index in [0.29, 0.717) is 17.3 Å². The van der Waals surface area contributed by atoms with Gasteiger partial charge in [-0.05, 0) is 57.0 Å². The van der Waals surface area contributed by atoms with E-state index in [4.69, 9.17) is 4.74 Å². The molecule has 8 nitrogen and oxygen atoms in total. The maximum Gasteiger partial charge on any atom is 0.340 e. The van der Waals surface area contributed by atoms with E-state index in [9.17, 15) is 18.0 Å². The van der Waals surface area contributed by atoms with Gasteiger partial charge in [0.2, 0.25) is 10.0 Å². The minimum atomic E-state index is -3.53. The van der Waals surface area contributed by atoms with Gasteiger partial charge in [0.1, 0.15) is 0 Å². The number of amides is 1. The second-order valence-electron chi connectivity index (χ2n) is 7.32. The zero-order chi connectivity index (χ0) is 21.3. The third kappa shape index (κ3) is 4.51. The molecule has 0 unspecified atom stereocenters. The lowest BCUT2D eigenvalue weighted by Gasteiger charge is -2.12. The van der Waals surface area contributed by atoms with E-state index in [1.165, 1.54) is 38.4 Å². The summed E-state index contributed by atoms with van der Waals surface area (Å²) < 4.78 is 32.5. The smallest absolute Gasteiger partial charge is 0.340 e. The number of aryl methyl sites for hydroxylation is 1. The van der Waals surface area contributed by atoms with Crippen LogP contribution in [0.15, 0.2) is 35.2 Å². The van der Waals surface area contributed by atoms with Crippen molar-refractivity contribution in [2.24, 2.45) is 0 Å². The molecule has 2 aromatic rings. The van der Waals surface area contributed by atoms with Crippen LogP contribution in [0.4, 0.5) is 5.69 Å². The Bertz CT molecular complexity index is 1030. The standard InChI is InChI=1S/C20H25N3O5S/c1-13-11-18(14(2)23(13)16-7-8-16)20(25)28-12-19(24)21-15-5-9-17(10-6-15)29(26,27)22(3)4/h5-6,9-11,16H,7-8,12H2,1-4H3,(H,21,24). The van der Waals surface area contributed by atoms with E-state index in [1.54, 1.807) is 6.07 Å². The molecule has 0 saturated heterocycles. The Morgan fingerprint density at radius 2 is 1.79 bits per heavy atom. The van der Waals surface area contributed by atoms with Crippen LogP contribution in [0.25, 0.3) is 0 Å². The molecular weight excluding hydrogens is 394 g/mol. The quantitative estimate of drug-likeness (QED) is 0.696. The Morgan fingerprint density at radius 1 is 1.17 bits per heavy atom. The summed E-state index contributed by atoms with van der Waals surface area (Å²) in [5.74, 6) is -1.04. The molecule has 0 aliphatic heterocycles. The molecular formula is C20H25N3O5S. The van der Waals surface area contributed by atoms with Crippen molar-refractivity contribution in [2.75, 3.05) is 26.0 Å². The number of hydrogen-bond donors (Lipinski definition) is 1. The highest BCUT2D eigenvalue weighted by Crippen LogP contribution is 2.38. The number of esters is 1. The van der Waals surface area contributed by atoms with Crippen molar-refractivity contribution in [3.05, 3.63) is 47.3 Å². The van der Waals surface area contributed by atoms with Gasteiger partial charge in [0, 0.05) is 37.2 Å². The van der Waals surface area contributed by atoms with Crippen LogP contribution in [0.3, 0.4) is 0 Å². The Hall–Kier alpha value is -2.65. The first-order chi connectivity index (χ1) is 13.6. The number of carbonyl (C=O) groups is 2. The van der Waals surface area contributed by atoms with Gasteiger partial charge in [-0.3, -0.25) is 4.79 Å². The van der Waals surface area contributed by atoms with Gasteiger partial charge in [-0.25, -0.2) is 17.5 Å². The number of hydrogen-bond acceptors (Lipinski definition) is 5. The van der Waals surface area contributed by atoms with Crippen LogP contribution >= 0.6 is 0 Å². The van der Waals surface area contributed by atoms with Gasteiger partial charge in [0.15, 0.2) is 6.61 Å². The predicted molar refractivity (Wildman–Crippen MR) is 108 cm³/mol. The molecule has 1 heterocycles. The number of carbonyl (C=O) groups excluding carboxylic acids is 2. The molecule has 1 aliphatic rings. The molecule has 1 N–H and O–H groups in total. The second kappa shape index (κ2) is 8.00. The lowest BCUT2D eigenvalue weighted by Crippen LogP contribution is -2.22. The zero-order valence-electron chi connectivity index (χ0n) is 16.9. The summed E-state index contributed by atoms with van der Waals surface area (Å²) in [5.41, 5.74) is 2.75. The van der Waals surface area contributed by atoms with Crippen LogP contribution in [0.1, 0.15) is 40.6 Å². The molecule has 1 aromatic carbocycles. The van der Waals surface area contributed by atoms with E-state index >= 15 is 0 Å². The maximum atomic E-state index is 12.4. The summed E-state index contributed by atoms with van der Waals surface area (Å²) in [6, 6.07) is 8.03. The van der Waals surface area contributed by atoms with Crippen LogP contribution in [-0.4, -0.2) is 49.9 Å². The molecule has 1 amide bonds. The lowest BCUT2D eigenvalue weighted by molar-refractivity contribution is -0.119. The fourth-order valence-corrected chi connectivity index (χ4v) is 4.11. The third-order valence-electron chi connectivity index (χ3n) is 4.87. The van der Waals surface area contributed by atoms with Gasteiger partial charge >= 0.3 is 5.97 Å². The zero-order valence-corrected chi connectivity index (χ0v) is 17.7. The third-order valence-corrected chi connectivity index (χ3v) is 6.70. The fourth-order valence-electron chi connectivity index (χ4n) is 3.21. The van der Waals surface area contributed by atoms with Gasteiger partial charge in [-0.1, -0.05) is 0 Å². The molecule has 0 bridgehead atoms. The van der Waals surface area contributed by atoms with Gasteiger partial charge in [-0.15, -0.1) is 0 Å². The molecule has 1 aromatic heterocycles. The molecule has 3 rings (SSSR count). The normalized spacial score (nSPS) is 14.1. The van der Waals surface area contributed by atoms with Crippen molar-refractivity contribution in [3.8, 4) is 0 Å². The van der Waals surface area contributed by atoms with Crippen molar-refractivity contribution in [2.45, 2.75) is 37.6 Å². The van der Waals surface area contributed by atoms with Crippen LogP contribution in [0.5, 0.6) is 0 Å². The first-order valence-electron chi connectivity index (χ1n) is 9.29. The van der Waals surface area contributed by atoms with Crippen molar-refractivity contribution in [1.82, 2.24) is 8.87 Å². The van der Waals surface area contributed by atoms with Crippen LogP contribution < -0.4 is 5.32 Å². The minimum Gasteiger partial charge on any atom is -0.452 e. The monoisotopic (exact) mass is 419 g/mol. The Balaban J connectivity index is 1.58. The van der Waals surface area contributed by atoms with Gasteiger partial charge in [0.25, 0.3) is 5.91 Å². The van der Waals surface area contributed by atoms with Crippen molar-refractivity contribution in [1.29, 1.82) is 0 Å². The number of nitrogens with zero attached hydrogens (tertiary/aromatic N) is 2. The summed E-state index contributed by atoms with van der Waals surface area (Å²) in [6.07, 6.45) is 2.23. The molecule has 9 heteroatoms. The average Bonchev–Trinajstić information content (AvgIpc) is 3.44. The number of aromatic nitrogens is 1. The molecule has 1 fully saturated rings. The highest BCUT2D eigenvalue weighted by atomic mass is 32.2. The largest absolute Gasteiger partial charge is 0.452 e. The van der Waals surface area contributed by atoms with E-state index in [1.807, 2.05) is 13.8 Å². The van der Waals surface area contributed by atoms with Crippen LogP contribution in [0, 0.1) is 13.8 Å². The van der Waals surface area contributed by atoms with E-state index < -0.39 is 28.5 Å². The number of nitrogens with one attached hydrogen (secondary N) is 1. The first kappa shape index (κ1) is 21.1.